The van der Waals surface area contributed by atoms with Crippen LogP contribution in [0.15, 0.2) is 35.5 Å². The van der Waals surface area contributed by atoms with Crippen molar-refractivity contribution < 1.29 is 90.6 Å². The topological polar surface area (TPSA) is 391 Å². The zero-order chi connectivity index (χ0) is 42.2. The molecule has 8 rings (SSSR count). The average Bonchev–Trinajstić information content (AvgIpc) is 3.86. The third-order valence-corrected chi connectivity index (χ3v) is 12.8. The summed E-state index contributed by atoms with van der Waals surface area (Å²) in [6.45, 7) is 2.09. The van der Waals surface area contributed by atoms with E-state index in [9.17, 15) is 58.8 Å². The number of anilines is 2. The SMILES string of the molecule is C.C.CC1=NN(C)c2ncnc3c2n1c[n+]3C1OC(CO)C(O)C1O.CC1=NN(C)c2ncnc3c2n1c[n+]3C1OC(COP(=O)([O-])OP(=O)([O-])OP(=O)([O-])[O-])C(O)C1O. The Morgan fingerprint density at radius 1 is 0.700 bits per heavy atom. The van der Waals surface area contributed by atoms with Crippen molar-refractivity contribution in [3.8, 4) is 0 Å². The Morgan fingerprint density at radius 2 is 1.13 bits per heavy atom. The quantitative estimate of drug-likeness (QED) is 0.0735. The summed E-state index contributed by atoms with van der Waals surface area (Å²) in [5, 5.41) is 62.2. The van der Waals surface area contributed by atoms with Gasteiger partial charge in [-0.3, -0.25) is 13.4 Å². The third kappa shape index (κ3) is 8.77. The number of hydrazone groups is 2. The minimum absolute atomic E-state index is 0. The van der Waals surface area contributed by atoms with E-state index in [2.05, 4.69) is 43.3 Å². The van der Waals surface area contributed by atoms with Crippen LogP contribution in [-0.4, -0.2) is 130 Å². The van der Waals surface area contributed by atoms with E-state index >= 15 is 0 Å². The molecule has 0 bridgehead atoms. The van der Waals surface area contributed by atoms with Gasteiger partial charge in [0, 0.05) is 27.9 Å². The molecule has 0 spiro atoms. The van der Waals surface area contributed by atoms with Gasteiger partial charge in [-0.05, 0) is 0 Å². The lowest BCUT2D eigenvalue weighted by molar-refractivity contribution is -0.745. The Kier molecular flexibility index (Phi) is 13.5. The maximum Gasteiger partial charge on any atom is 0.310 e. The lowest BCUT2D eigenvalue weighted by atomic mass is 10.1. The van der Waals surface area contributed by atoms with Gasteiger partial charge in [0.2, 0.25) is 23.5 Å². The highest BCUT2D eigenvalue weighted by Gasteiger charge is 2.49. The number of nitrogens with zero attached hydrogens (tertiary/aromatic N) is 12. The van der Waals surface area contributed by atoms with Gasteiger partial charge in [-0.2, -0.15) is 9.97 Å². The van der Waals surface area contributed by atoms with Gasteiger partial charge in [-0.25, -0.2) is 32.6 Å². The minimum Gasteiger partial charge on any atom is -0.790 e. The van der Waals surface area contributed by atoms with Crippen LogP contribution in [0.5, 0.6) is 0 Å². The van der Waals surface area contributed by atoms with Gasteiger partial charge < -0.3 is 63.7 Å². The molecule has 10 unspecified atom stereocenters. The first kappa shape index (κ1) is 47.2. The van der Waals surface area contributed by atoms with Crippen molar-refractivity contribution in [3.63, 3.8) is 0 Å². The van der Waals surface area contributed by atoms with E-state index in [1.54, 1.807) is 46.1 Å². The van der Waals surface area contributed by atoms with Crippen LogP contribution >= 0.6 is 23.5 Å². The van der Waals surface area contributed by atoms with Gasteiger partial charge in [0.1, 0.15) is 36.6 Å². The summed E-state index contributed by atoms with van der Waals surface area (Å²) in [5.74, 6) is 2.29. The fourth-order valence-corrected chi connectivity index (χ4v) is 9.49. The highest BCUT2D eigenvalue weighted by molar-refractivity contribution is 7.64. The number of hydrogen-bond acceptors (Lipinski definition) is 25. The normalized spacial score (nSPS) is 27.9. The number of hydrogen-bond donors (Lipinski definition) is 5. The summed E-state index contributed by atoms with van der Waals surface area (Å²) in [6.07, 6.45) is -4.43. The Balaban J connectivity index is 0.000000237. The maximum atomic E-state index is 11.8. The van der Waals surface area contributed by atoms with Crippen LogP contribution in [0.25, 0.3) is 22.3 Å². The highest BCUT2D eigenvalue weighted by Crippen LogP contribution is 2.60. The van der Waals surface area contributed by atoms with Gasteiger partial charge >= 0.3 is 11.3 Å². The van der Waals surface area contributed by atoms with Crippen molar-refractivity contribution in [2.45, 2.75) is 77.8 Å². The summed E-state index contributed by atoms with van der Waals surface area (Å²) in [4.78, 5) is 60.6. The summed E-state index contributed by atoms with van der Waals surface area (Å²) in [7, 11) is -14.7. The van der Waals surface area contributed by atoms with E-state index in [4.69, 9.17) is 9.47 Å². The molecule has 0 aliphatic carbocycles. The van der Waals surface area contributed by atoms with Crippen LogP contribution in [0.4, 0.5) is 11.6 Å². The molecule has 4 aliphatic rings. The monoisotopic (exact) mass is 910 g/mol. The number of ether oxygens (including phenoxy) is 2. The van der Waals surface area contributed by atoms with E-state index in [1.807, 2.05) is 6.92 Å². The molecular weight excluding hydrogens is 869 g/mol. The zero-order valence-corrected chi connectivity index (χ0v) is 32.9. The highest BCUT2D eigenvalue weighted by atomic mass is 31.3. The fraction of sp³-hybridized carbons (Fsp3) is 0.571. The molecule has 0 radical (unpaired) electrons. The lowest BCUT2D eigenvalue weighted by Crippen LogP contribution is -2.46. The molecular formula is C28H41N12O17P3-2. The van der Waals surface area contributed by atoms with Gasteiger partial charge in [-0.15, -0.1) is 10.2 Å². The molecule has 332 valence electrons. The lowest BCUT2D eigenvalue weighted by Gasteiger charge is -2.37. The second kappa shape index (κ2) is 17.1. The number of phosphoric acid groups is 3. The van der Waals surface area contributed by atoms with Gasteiger partial charge in [-0.1, -0.05) is 24.8 Å². The van der Waals surface area contributed by atoms with Gasteiger partial charge in [0.25, 0.3) is 15.6 Å². The van der Waals surface area contributed by atoms with E-state index < -0.39 is 79.2 Å². The summed E-state index contributed by atoms with van der Waals surface area (Å²) >= 11 is 0. The molecule has 0 amide bonds. The standard InChI is InChI=1S/C13H19N6O13P3.C13H17N6O4.2CH4/c1-6-16-17(2)11-8-12(15-4-14-11)19(5-18(6)8)13-10(21)9(20)7(30-13)3-29-34(25,26)32-35(27,28)31-33(22,23)24;1-6-16-17(2)11-8-12(15-4-14-11)19(5-18(6)8)13-10(22)9(21)7(3-20)23-13;;/h4-5,7,9-10,13,20-21H,3H2,1-2H3,(H3-,22,23,24,25,26,27,28);4-5,7,9-10,13,20-22H,3H2,1-2H3;2*1H4/q;+1;;/p-3. The number of aliphatic hydroxyl groups excluding tert-OH is 5. The molecule has 29 nitrogen and oxygen atoms in total. The molecule has 0 saturated carbocycles. The molecule has 32 heteroatoms. The zero-order valence-electron chi connectivity index (χ0n) is 30.2. The number of aromatic nitrogens is 8. The predicted molar refractivity (Wildman–Crippen MR) is 193 cm³/mol. The molecule has 2 saturated heterocycles. The van der Waals surface area contributed by atoms with Crippen molar-refractivity contribution in [1.29, 1.82) is 0 Å². The van der Waals surface area contributed by atoms with Crippen LogP contribution in [0.1, 0.15) is 41.2 Å². The van der Waals surface area contributed by atoms with Crippen molar-refractivity contribution in [2.24, 2.45) is 10.2 Å². The molecule has 10 atom stereocenters. The Labute approximate surface area is 339 Å². The molecule has 60 heavy (non-hydrogen) atoms. The van der Waals surface area contributed by atoms with Crippen LogP contribution in [0, 0.1) is 0 Å². The number of imidazole rings is 2. The second-order valence-corrected chi connectivity index (χ2v) is 17.2. The van der Waals surface area contributed by atoms with Crippen molar-refractivity contribution in [1.82, 2.24) is 29.1 Å². The van der Waals surface area contributed by atoms with Crippen molar-refractivity contribution >= 4 is 69.1 Å². The molecule has 4 aromatic rings. The predicted octanol–water partition coefficient (Wildman–Crippen LogP) is -4.98. The Hall–Kier alpha value is -3.83. The number of rotatable bonds is 10. The minimum atomic E-state index is -6.15. The molecule has 8 heterocycles. The van der Waals surface area contributed by atoms with Crippen LogP contribution in [0.3, 0.4) is 0 Å². The molecule has 5 N–H and O–H groups in total. The average molecular weight is 911 g/mol. The van der Waals surface area contributed by atoms with Gasteiger partial charge in [0.15, 0.2) is 48.6 Å². The maximum absolute atomic E-state index is 11.8. The van der Waals surface area contributed by atoms with E-state index in [-0.39, 0.29) is 27.1 Å². The first-order valence-corrected chi connectivity index (χ1v) is 21.0. The van der Waals surface area contributed by atoms with Crippen molar-refractivity contribution in [3.05, 3.63) is 25.3 Å². The molecule has 0 aromatic carbocycles. The molecule has 4 aliphatic heterocycles. The summed E-state index contributed by atoms with van der Waals surface area (Å²) in [6, 6.07) is 0. The first-order chi connectivity index (χ1) is 27.1. The number of phosphoric ester groups is 1. The van der Waals surface area contributed by atoms with Crippen LogP contribution < -0.4 is 38.7 Å². The van der Waals surface area contributed by atoms with Gasteiger partial charge in [0.05, 0.1) is 21.0 Å². The summed E-state index contributed by atoms with van der Waals surface area (Å²) in [5.41, 5.74) is 2.06. The van der Waals surface area contributed by atoms with E-state index in [0.717, 1.165) is 5.52 Å². The Morgan fingerprint density at radius 3 is 1.55 bits per heavy atom. The molecule has 2 fully saturated rings. The van der Waals surface area contributed by atoms with Crippen molar-refractivity contribution in [2.75, 3.05) is 37.3 Å². The Bertz CT molecular complexity index is 2460. The van der Waals surface area contributed by atoms with Crippen LogP contribution in [0.2, 0.25) is 0 Å². The fourth-order valence-electron chi connectivity index (χ4n) is 6.62. The van der Waals surface area contributed by atoms with E-state index in [0.29, 0.717) is 34.5 Å². The summed E-state index contributed by atoms with van der Waals surface area (Å²) < 4.78 is 61.8. The smallest absolute Gasteiger partial charge is 0.310 e. The van der Waals surface area contributed by atoms with E-state index in [1.165, 1.54) is 28.6 Å². The molecule has 4 aromatic heterocycles. The largest absolute Gasteiger partial charge is 0.790 e. The number of aliphatic hydroxyl groups is 5. The third-order valence-electron chi connectivity index (χ3n) is 9.12. The first-order valence-electron chi connectivity index (χ1n) is 16.6. The van der Waals surface area contributed by atoms with Crippen LogP contribution in [-0.2, 0) is 36.3 Å². The second-order valence-electron chi connectivity index (χ2n) is 12.9.